The summed E-state index contributed by atoms with van der Waals surface area (Å²) in [7, 11) is 0.876. The summed E-state index contributed by atoms with van der Waals surface area (Å²) < 4.78 is 131. The number of nitrogens with one attached hydrogen (secondary N) is 1. The maximum absolute atomic E-state index is 13.5. The largest absolute Gasteiger partial charge is 0.464 e. The van der Waals surface area contributed by atoms with Gasteiger partial charge >= 0.3 is 30.6 Å². The van der Waals surface area contributed by atoms with E-state index in [0.717, 1.165) is 13.2 Å². The number of hydrogen-bond donors (Lipinski definition) is 1. The lowest BCUT2D eigenvalue weighted by molar-refractivity contribution is -0.149. The van der Waals surface area contributed by atoms with Crippen molar-refractivity contribution >= 4 is 17.7 Å². The molecule has 1 heterocycles. The van der Waals surface area contributed by atoms with Gasteiger partial charge in [0.2, 0.25) is 0 Å². The Morgan fingerprint density at radius 2 is 1.48 bits per heavy atom. The summed E-state index contributed by atoms with van der Waals surface area (Å²) in [4.78, 5) is 26.3. The topological polar surface area (TPSA) is 67.9 Å². The van der Waals surface area contributed by atoms with Gasteiger partial charge in [-0.05, 0) is 61.4 Å². The molecule has 0 fully saturated rings. The SMILES string of the molecule is CCOC(=O)[C@@]1(C)C[C@H](N(Cc2cc(C(F)(F)F)cc(C(F)(F)F)c2)C(=O)OC)c2cc(C(F)(F)F)ccc2N1. The van der Waals surface area contributed by atoms with E-state index >= 15 is 0 Å². The minimum atomic E-state index is -5.18. The molecule has 0 bridgehead atoms. The lowest BCUT2D eigenvalue weighted by Crippen LogP contribution is -2.52. The van der Waals surface area contributed by atoms with Gasteiger partial charge in [-0.3, -0.25) is 4.90 Å². The highest BCUT2D eigenvalue weighted by Crippen LogP contribution is 2.45. The highest BCUT2D eigenvalue weighted by atomic mass is 19.4. The van der Waals surface area contributed by atoms with Gasteiger partial charge in [0, 0.05) is 18.7 Å². The molecule has 0 spiro atoms. The number of hydrogen-bond acceptors (Lipinski definition) is 5. The Labute approximate surface area is 222 Å². The third kappa shape index (κ3) is 6.55. The quantitative estimate of drug-likeness (QED) is 0.297. The highest BCUT2D eigenvalue weighted by Gasteiger charge is 2.46. The van der Waals surface area contributed by atoms with E-state index in [1.807, 2.05) is 0 Å². The second kappa shape index (κ2) is 10.7. The van der Waals surface area contributed by atoms with Crippen LogP contribution in [0.15, 0.2) is 36.4 Å². The molecule has 3 rings (SSSR count). The van der Waals surface area contributed by atoms with Crippen molar-refractivity contribution in [3.05, 3.63) is 64.2 Å². The molecule has 0 unspecified atom stereocenters. The number of anilines is 1. The summed E-state index contributed by atoms with van der Waals surface area (Å²) in [5, 5.41) is 2.78. The fourth-order valence-corrected chi connectivity index (χ4v) is 4.40. The number of halogens is 9. The molecule has 2 aromatic carbocycles. The number of nitrogens with zero attached hydrogens (tertiary/aromatic N) is 1. The van der Waals surface area contributed by atoms with E-state index in [0.29, 0.717) is 29.2 Å². The molecular formula is C25H23F9N2O4. The standard InChI is InChI=1S/C25H23F9N2O4/c1-4-40-20(37)22(2)11-19(17-10-14(23(26,27)28)5-6-18(17)35-22)36(21(38)39-3)12-13-7-15(24(29,30)31)9-16(8-13)25(32,33)34/h5-10,19,35H,4,11-12H2,1-3H3/t19-,22+/m0/s1. The smallest absolute Gasteiger partial charge is 0.416 e. The van der Waals surface area contributed by atoms with Crippen LogP contribution in [0.25, 0.3) is 0 Å². The van der Waals surface area contributed by atoms with Crippen LogP contribution in [-0.2, 0) is 39.3 Å². The van der Waals surface area contributed by atoms with Gasteiger partial charge in [-0.1, -0.05) is 0 Å². The number of carbonyl (C=O) groups excluding carboxylic acids is 2. The average Bonchev–Trinajstić information content (AvgIpc) is 2.84. The Kier molecular flexibility index (Phi) is 8.28. The van der Waals surface area contributed by atoms with Crippen molar-refractivity contribution in [3.8, 4) is 0 Å². The number of rotatable bonds is 5. The first-order valence-electron chi connectivity index (χ1n) is 11.6. The zero-order valence-corrected chi connectivity index (χ0v) is 21.1. The molecule has 1 aliphatic heterocycles. The second-order valence-corrected chi connectivity index (χ2v) is 9.21. The molecule has 1 N–H and O–H groups in total. The number of alkyl halides is 9. The van der Waals surface area contributed by atoms with E-state index in [9.17, 15) is 49.1 Å². The molecule has 0 radical (unpaired) electrons. The first-order valence-corrected chi connectivity index (χ1v) is 11.6. The van der Waals surface area contributed by atoms with Crippen molar-refractivity contribution in [2.24, 2.45) is 0 Å². The van der Waals surface area contributed by atoms with Gasteiger partial charge in [0.15, 0.2) is 0 Å². The lowest BCUT2D eigenvalue weighted by atomic mass is 9.82. The van der Waals surface area contributed by atoms with Crippen LogP contribution < -0.4 is 5.32 Å². The number of amides is 1. The van der Waals surface area contributed by atoms with E-state index in [-0.39, 0.29) is 23.9 Å². The van der Waals surface area contributed by atoms with Crippen LogP contribution in [0, 0.1) is 0 Å². The predicted molar refractivity (Wildman–Crippen MR) is 122 cm³/mol. The van der Waals surface area contributed by atoms with Gasteiger partial charge in [0.1, 0.15) is 5.54 Å². The number of esters is 1. The first-order chi connectivity index (χ1) is 18.3. The normalized spacial score (nSPS) is 19.4. The third-order valence-electron chi connectivity index (χ3n) is 6.26. The van der Waals surface area contributed by atoms with Crippen molar-refractivity contribution in [1.82, 2.24) is 4.90 Å². The number of ether oxygens (including phenoxy) is 2. The van der Waals surface area contributed by atoms with Crippen molar-refractivity contribution in [2.75, 3.05) is 19.0 Å². The predicted octanol–water partition coefficient (Wildman–Crippen LogP) is 7.19. The number of fused-ring (bicyclic) bond motifs is 1. The molecule has 0 saturated heterocycles. The lowest BCUT2D eigenvalue weighted by Gasteiger charge is -2.43. The van der Waals surface area contributed by atoms with Crippen molar-refractivity contribution in [1.29, 1.82) is 0 Å². The summed E-state index contributed by atoms with van der Waals surface area (Å²) in [6.07, 6.45) is -16.9. The van der Waals surface area contributed by atoms with E-state index in [1.54, 1.807) is 0 Å². The van der Waals surface area contributed by atoms with Crippen molar-refractivity contribution < 1.29 is 58.6 Å². The molecule has 2 aromatic rings. The van der Waals surface area contributed by atoms with Gasteiger partial charge in [-0.2, -0.15) is 39.5 Å². The molecule has 15 heteroatoms. The second-order valence-electron chi connectivity index (χ2n) is 9.21. The molecule has 1 amide bonds. The van der Waals surface area contributed by atoms with E-state index in [1.165, 1.54) is 13.8 Å². The fourth-order valence-electron chi connectivity index (χ4n) is 4.40. The zero-order valence-electron chi connectivity index (χ0n) is 21.1. The Hall–Kier alpha value is -3.65. The van der Waals surface area contributed by atoms with Crippen molar-refractivity contribution in [2.45, 2.75) is 56.9 Å². The summed E-state index contributed by atoms with van der Waals surface area (Å²) in [6, 6.07) is 1.62. The average molecular weight is 586 g/mol. The molecule has 40 heavy (non-hydrogen) atoms. The van der Waals surface area contributed by atoms with Crippen LogP contribution in [0.3, 0.4) is 0 Å². The summed E-state index contributed by atoms with van der Waals surface area (Å²) in [5.41, 5.74) is -6.94. The monoisotopic (exact) mass is 586 g/mol. The molecular weight excluding hydrogens is 563 g/mol. The van der Waals surface area contributed by atoms with Crippen LogP contribution >= 0.6 is 0 Å². The van der Waals surface area contributed by atoms with Gasteiger partial charge in [-0.25, -0.2) is 9.59 Å². The van der Waals surface area contributed by atoms with Gasteiger partial charge in [0.25, 0.3) is 0 Å². The number of benzene rings is 2. The summed E-state index contributed by atoms with van der Waals surface area (Å²) in [5.74, 6) is -0.853. The summed E-state index contributed by atoms with van der Waals surface area (Å²) in [6.45, 7) is 1.82. The molecule has 6 nitrogen and oxygen atoms in total. The Balaban J connectivity index is 2.21. The molecule has 2 atom stereocenters. The Morgan fingerprint density at radius 1 is 0.925 bits per heavy atom. The molecule has 220 valence electrons. The van der Waals surface area contributed by atoms with Crippen LogP contribution in [0.4, 0.5) is 50.0 Å². The first kappa shape index (κ1) is 30.9. The molecule has 0 saturated carbocycles. The van der Waals surface area contributed by atoms with Crippen LogP contribution in [0.5, 0.6) is 0 Å². The third-order valence-corrected chi connectivity index (χ3v) is 6.26. The maximum atomic E-state index is 13.5. The van der Waals surface area contributed by atoms with E-state index < -0.39 is 77.4 Å². The van der Waals surface area contributed by atoms with Crippen LogP contribution in [-0.4, -0.2) is 36.2 Å². The maximum Gasteiger partial charge on any atom is 0.416 e. The molecule has 0 aromatic heterocycles. The molecule has 0 aliphatic carbocycles. The Morgan fingerprint density at radius 3 is 1.95 bits per heavy atom. The Bertz CT molecular complexity index is 1240. The van der Waals surface area contributed by atoms with Crippen LogP contribution in [0.1, 0.15) is 54.1 Å². The van der Waals surface area contributed by atoms with Gasteiger partial charge < -0.3 is 14.8 Å². The van der Waals surface area contributed by atoms with E-state index in [2.05, 4.69) is 5.32 Å². The van der Waals surface area contributed by atoms with Gasteiger partial charge in [0.05, 0.1) is 36.4 Å². The minimum absolute atomic E-state index is 0.0336. The van der Waals surface area contributed by atoms with Crippen LogP contribution in [0.2, 0.25) is 0 Å². The highest BCUT2D eigenvalue weighted by molar-refractivity contribution is 5.86. The molecule has 1 aliphatic rings. The number of carbonyl (C=O) groups is 2. The van der Waals surface area contributed by atoms with Gasteiger partial charge in [-0.15, -0.1) is 0 Å². The van der Waals surface area contributed by atoms with E-state index in [4.69, 9.17) is 9.47 Å². The van der Waals surface area contributed by atoms with Crippen molar-refractivity contribution in [3.63, 3.8) is 0 Å². The fraction of sp³-hybridized carbons (Fsp3) is 0.440. The zero-order chi connectivity index (χ0) is 30.3. The number of methoxy groups -OCH3 is 1. The minimum Gasteiger partial charge on any atom is -0.464 e. The summed E-state index contributed by atoms with van der Waals surface area (Å²) >= 11 is 0.